The summed E-state index contributed by atoms with van der Waals surface area (Å²) in [7, 11) is 2.05. The molecule has 0 aromatic carbocycles. The van der Waals surface area contributed by atoms with E-state index in [0.29, 0.717) is 0 Å². The monoisotopic (exact) mass is 164 g/mol. The Kier molecular flexibility index (Phi) is 3.11. The molecule has 0 aliphatic carbocycles. The quantitative estimate of drug-likeness (QED) is 0.640. The minimum Gasteiger partial charge on any atom is -0.323 e. The van der Waals surface area contributed by atoms with Crippen LogP contribution in [0.1, 0.15) is 13.3 Å². The highest BCUT2D eigenvalue weighted by Gasteiger charge is 2.12. The molecule has 12 heavy (non-hydrogen) atoms. The van der Waals surface area contributed by atoms with E-state index in [0.717, 1.165) is 13.0 Å². The molecule has 0 fully saturated rings. The Morgan fingerprint density at radius 3 is 2.92 bits per heavy atom. The molecule has 0 atom stereocenters. The van der Waals surface area contributed by atoms with Crippen LogP contribution >= 0.6 is 0 Å². The molecule has 0 radical (unpaired) electrons. The fraction of sp³-hybridized carbons (Fsp3) is 0.400. The van der Waals surface area contributed by atoms with Crippen LogP contribution in [0.2, 0.25) is 0 Å². The van der Waals surface area contributed by atoms with Crippen LogP contribution in [0.3, 0.4) is 0 Å². The van der Waals surface area contributed by atoms with Crippen LogP contribution in [-0.4, -0.2) is 18.6 Å². The molecule has 1 N–H and O–H groups in total. The molecule has 1 aliphatic rings. The van der Waals surface area contributed by atoms with Gasteiger partial charge in [0, 0.05) is 25.7 Å². The lowest BCUT2D eigenvalue weighted by molar-refractivity contribution is 0.318. The zero-order chi connectivity index (χ0) is 8.97. The molecular weight excluding hydrogens is 148 g/mol. The zero-order valence-corrected chi connectivity index (χ0v) is 7.80. The Morgan fingerprint density at radius 2 is 2.42 bits per heavy atom. The van der Waals surface area contributed by atoms with Gasteiger partial charge in [0.15, 0.2) is 0 Å². The number of hydrogen-bond acceptors (Lipinski definition) is 2. The first-order valence-corrected chi connectivity index (χ1v) is 4.18. The summed E-state index contributed by atoms with van der Waals surface area (Å²) in [6.45, 7) is 6.81. The van der Waals surface area contributed by atoms with Gasteiger partial charge in [0.05, 0.1) is 0 Å². The summed E-state index contributed by atoms with van der Waals surface area (Å²) in [5, 5.41) is 2.09. The predicted molar refractivity (Wildman–Crippen MR) is 52.4 cm³/mol. The van der Waals surface area contributed by atoms with E-state index < -0.39 is 0 Å². The van der Waals surface area contributed by atoms with E-state index in [1.54, 1.807) is 6.08 Å². The van der Waals surface area contributed by atoms with Crippen molar-refractivity contribution in [2.75, 3.05) is 13.6 Å². The van der Waals surface area contributed by atoms with Gasteiger partial charge < -0.3 is 5.43 Å². The zero-order valence-electron chi connectivity index (χ0n) is 7.80. The first kappa shape index (κ1) is 9.07. The molecule has 66 valence electrons. The molecule has 1 aliphatic heterocycles. The van der Waals surface area contributed by atoms with Crippen LogP contribution in [0, 0.1) is 0 Å². The lowest BCUT2D eigenvalue weighted by atomic mass is 10.2. The van der Waals surface area contributed by atoms with Crippen LogP contribution in [0.5, 0.6) is 0 Å². The number of rotatable bonds is 3. The first-order valence-electron chi connectivity index (χ1n) is 4.18. The van der Waals surface area contributed by atoms with Crippen molar-refractivity contribution in [3.63, 3.8) is 0 Å². The lowest BCUT2D eigenvalue weighted by Gasteiger charge is -2.09. The second-order valence-electron chi connectivity index (χ2n) is 3.09. The van der Waals surface area contributed by atoms with Gasteiger partial charge >= 0.3 is 0 Å². The number of nitrogens with zero attached hydrogens (tertiary/aromatic N) is 1. The third kappa shape index (κ3) is 2.24. The molecule has 0 spiro atoms. The minimum absolute atomic E-state index is 0.974. The Hall–Kier alpha value is -1.02. The molecular formula is C10H16N2. The van der Waals surface area contributed by atoms with E-state index in [4.69, 9.17) is 0 Å². The summed E-state index contributed by atoms with van der Waals surface area (Å²) in [6, 6.07) is 0. The number of allylic oxidation sites excluding steroid dienone is 3. The smallest absolute Gasteiger partial charge is 0.0403 e. The van der Waals surface area contributed by atoms with Gasteiger partial charge in [-0.1, -0.05) is 24.8 Å². The van der Waals surface area contributed by atoms with E-state index in [1.807, 2.05) is 13.1 Å². The molecule has 0 unspecified atom stereocenters. The fourth-order valence-corrected chi connectivity index (χ4v) is 1.32. The summed E-state index contributed by atoms with van der Waals surface area (Å²) in [5.74, 6) is 0. The third-order valence-corrected chi connectivity index (χ3v) is 1.91. The van der Waals surface area contributed by atoms with Crippen molar-refractivity contribution < 1.29 is 0 Å². The average Bonchev–Trinajstić information content (AvgIpc) is 2.31. The topological polar surface area (TPSA) is 15.3 Å². The Bertz CT molecular complexity index is 226. The highest BCUT2D eigenvalue weighted by atomic mass is 15.5. The molecule has 0 amide bonds. The maximum Gasteiger partial charge on any atom is 0.0403 e. The molecule has 2 nitrogen and oxygen atoms in total. The van der Waals surface area contributed by atoms with Gasteiger partial charge in [-0.15, -0.1) is 0 Å². The van der Waals surface area contributed by atoms with E-state index in [-0.39, 0.29) is 0 Å². The van der Waals surface area contributed by atoms with Crippen molar-refractivity contribution >= 4 is 0 Å². The third-order valence-electron chi connectivity index (χ3n) is 1.91. The van der Waals surface area contributed by atoms with Crippen molar-refractivity contribution in [1.29, 1.82) is 0 Å². The Labute approximate surface area is 74.2 Å². The number of nitrogens with one attached hydrogen (secondary N) is 1. The molecule has 0 aromatic heterocycles. The van der Waals surface area contributed by atoms with Crippen LogP contribution in [0.4, 0.5) is 0 Å². The van der Waals surface area contributed by atoms with E-state index in [1.165, 1.54) is 11.3 Å². The van der Waals surface area contributed by atoms with Crippen molar-refractivity contribution in [3.8, 4) is 0 Å². The summed E-state index contributed by atoms with van der Waals surface area (Å²) in [6.07, 6.45) is 6.86. The lowest BCUT2D eigenvalue weighted by Crippen LogP contribution is -2.27. The van der Waals surface area contributed by atoms with E-state index in [9.17, 15) is 0 Å². The average molecular weight is 164 g/mol. The van der Waals surface area contributed by atoms with Gasteiger partial charge in [-0.25, -0.2) is 5.01 Å². The molecule has 0 bridgehead atoms. The highest BCUT2D eigenvalue weighted by Crippen LogP contribution is 2.13. The number of hydrogen-bond donors (Lipinski definition) is 1. The molecule has 1 heterocycles. The highest BCUT2D eigenvalue weighted by molar-refractivity contribution is 5.19. The molecule has 0 saturated carbocycles. The van der Waals surface area contributed by atoms with Gasteiger partial charge in [0.25, 0.3) is 0 Å². The number of likely N-dealkylation sites (N-methyl/N-ethyl adjacent to an activating group) is 1. The van der Waals surface area contributed by atoms with Gasteiger partial charge in [-0.2, -0.15) is 0 Å². The number of hydrazine groups is 1. The maximum absolute atomic E-state index is 3.63. The summed E-state index contributed by atoms with van der Waals surface area (Å²) in [4.78, 5) is 0. The standard InChI is InChI=1S/C10H16N2/c1-4-5-6-7-10-9(2)8-12(3)11-10/h4-6,11H,1,7-8H2,2-3H3/b6-5+. The SMILES string of the molecule is C=C/C=C/CC1=C(C)CN(C)N1. The first-order chi connectivity index (χ1) is 5.74. The van der Waals surface area contributed by atoms with Crippen molar-refractivity contribution in [2.45, 2.75) is 13.3 Å². The molecule has 1 rings (SSSR count). The van der Waals surface area contributed by atoms with Crippen LogP contribution in [0.25, 0.3) is 0 Å². The summed E-state index contributed by atoms with van der Waals surface area (Å²) in [5.41, 5.74) is 6.03. The predicted octanol–water partition coefficient (Wildman–Crippen LogP) is 1.84. The van der Waals surface area contributed by atoms with Crippen LogP contribution < -0.4 is 5.43 Å². The van der Waals surface area contributed by atoms with Crippen molar-refractivity contribution in [2.24, 2.45) is 0 Å². The molecule has 0 saturated heterocycles. The van der Waals surface area contributed by atoms with Gasteiger partial charge in [-0.05, 0) is 12.5 Å². The maximum atomic E-state index is 3.63. The Morgan fingerprint density at radius 1 is 1.67 bits per heavy atom. The van der Waals surface area contributed by atoms with E-state index >= 15 is 0 Å². The van der Waals surface area contributed by atoms with Gasteiger partial charge in [0.2, 0.25) is 0 Å². The minimum atomic E-state index is 0.974. The second-order valence-corrected chi connectivity index (χ2v) is 3.09. The van der Waals surface area contributed by atoms with Crippen LogP contribution in [-0.2, 0) is 0 Å². The van der Waals surface area contributed by atoms with Gasteiger partial charge in [-0.3, -0.25) is 0 Å². The second kappa shape index (κ2) is 4.12. The van der Waals surface area contributed by atoms with Crippen molar-refractivity contribution in [3.05, 3.63) is 36.1 Å². The van der Waals surface area contributed by atoms with Crippen LogP contribution in [0.15, 0.2) is 36.1 Å². The summed E-state index contributed by atoms with van der Waals surface area (Å²) >= 11 is 0. The molecule has 2 heteroatoms. The Balaban J connectivity index is 2.47. The van der Waals surface area contributed by atoms with E-state index in [2.05, 4.69) is 30.0 Å². The van der Waals surface area contributed by atoms with Crippen molar-refractivity contribution in [1.82, 2.24) is 10.4 Å². The fourth-order valence-electron chi connectivity index (χ4n) is 1.32. The molecule has 0 aromatic rings. The normalized spacial score (nSPS) is 18.8. The van der Waals surface area contributed by atoms with Gasteiger partial charge in [0.1, 0.15) is 0 Å². The summed E-state index contributed by atoms with van der Waals surface area (Å²) < 4.78 is 0. The largest absolute Gasteiger partial charge is 0.323 e.